The van der Waals surface area contributed by atoms with E-state index >= 15 is 0 Å². The van der Waals surface area contributed by atoms with E-state index < -0.39 is 11.4 Å². The van der Waals surface area contributed by atoms with Gasteiger partial charge in [-0.25, -0.2) is 0 Å². The fourth-order valence-corrected chi connectivity index (χ4v) is 2.52. The van der Waals surface area contributed by atoms with Crippen LogP contribution in [-0.2, 0) is 16.6 Å². The lowest BCUT2D eigenvalue weighted by Crippen LogP contribution is -2.46. The molecule has 0 aliphatic carbocycles. The van der Waals surface area contributed by atoms with Gasteiger partial charge in [0.15, 0.2) is 0 Å². The number of carbonyl (C=O) groups is 2. The number of carboxylic acid groups (broad SMARTS) is 1. The zero-order valence-electron chi connectivity index (χ0n) is 13.3. The largest absolute Gasteiger partial charge is 0.481 e. The van der Waals surface area contributed by atoms with Crippen LogP contribution in [-0.4, -0.2) is 33.7 Å². The predicted octanol–water partition coefficient (Wildman–Crippen LogP) is 2.13. The topological polar surface area (TPSA) is 95.1 Å². The number of aromatic amines is 1. The van der Waals surface area contributed by atoms with E-state index in [0.717, 1.165) is 12.1 Å². The molecule has 0 radical (unpaired) electrons. The first-order chi connectivity index (χ1) is 11.0. The Labute approximate surface area is 134 Å². The van der Waals surface area contributed by atoms with Crippen molar-refractivity contribution >= 4 is 11.9 Å². The monoisotopic (exact) mass is 315 g/mol. The van der Waals surface area contributed by atoms with E-state index in [1.165, 1.54) is 0 Å². The molecule has 2 rings (SSSR count). The zero-order chi connectivity index (χ0) is 16.9. The summed E-state index contributed by atoms with van der Waals surface area (Å²) in [7, 11) is 0. The third-order valence-electron chi connectivity index (χ3n) is 4.13. The van der Waals surface area contributed by atoms with E-state index in [4.69, 9.17) is 0 Å². The summed E-state index contributed by atoms with van der Waals surface area (Å²) in [5.74, 6) is -1.33. The molecule has 0 bridgehead atoms. The number of carbonyl (C=O) groups excluding carboxylic acids is 1. The van der Waals surface area contributed by atoms with Gasteiger partial charge in [-0.1, -0.05) is 44.2 Å². The third-order valence-corrected chi connectivity index (χ3v) is 4.13. The highest BCUT2D eigenvalue weighted by molar-refractivity contribution is 5.93. The van der Waals surface area contributed by atoms with Crippen LogP contribution in [0.15, 0.2) is 36.4 Å². The molecular formula is C17H21N3O3. The molecule has 1 aromatic heterocycles. The van der Waals surface area contributed by atoms with E-state index in [1.54, 1.807) is 37.3 Å². The van der Waals surface area contributed by atoms with Crippen LogP contribution in [0.5, 0.6) is 0 Å². The molecule has 3 N–H and O–H groups in total. The maximum atomic E-state index is 12.2. The summed E-state index contributed by atoms with van der Waals surface area (Å²) in [5.41, 5.74) is 0.649. The van der Waals surface area contributed by atoms with E-state index in [2.05, 4.69) is 15.5 Å². The Kier molecular flexibility index (Phi) is 5.16. The lowest BCUT2D eigenvalue weighted by Gasteiger charge is -2.28. The standard InChI is InChI=1S/C17H21N3O3/c1-3-13-10-14(20-19-13)15(21)18-11-17(4-2,16(22)23)12-8-6-5-7-9-12/h5-10H,3-4,11H2,1-2H3,(H,18,21)(H,19,20)(H,22,23). The lowest BCUT2D eigenvalue weighted by molar-refractivity contribution is -0.143. The quantitative estimate of drug-likeness (QED) is 0.729. The van der Waals surface area contributed by atoms with Crippen molar-refractivity contribution in [1.82, 2.24) is 15.5 Å². The van der Waals surface area contributed by atoms with Crippen molar-refractivity contribution in [2.24, 2.45) is 0 Å². The van der Waals surface area contributed by atoms with Crippen molar-refractivity contribution in [2.45, 2.75) is 32.1 Å². The minimum atomic E-state index is -1.15. The molecule has 0 saturated heterocycles. The van der Waals surface area contributed by atoms with E-state index in [1.807, 2.05) is 13.0 Å². The molecule has 1 atom stereocenters. The fourth-order valence-electron chi connectivity index (χ4n) is 2.52. The molecule has 6 nitrogen and oxygen atoms in total. The van der Waals surface area contributed by atoms with Gasteiger partial charge < -0.3 is 10.4 Å². The maximum Gasteiger partial charge on any atom is 0.315 e. The summed E-state index contributed by atoms with van der Waals surface area (Å²) in [4.78, 5) is 24.1. The molecule has 1 heterocycles. The molecule has 1 aromatic carbocycles. The summed E-state index contributed by atoms with van der Waals surface area (Å²) in [6, 6.07) is 10.6. The predicted molar refractivity (Wildman–Crippen MR) is 86.3 cm³/mol. The molecule has 6 heteroatoms. The minimum absolute atomic E-state index is 0.00992. The molecule has 0 aliphatic rings. The van der Waals surface area contributed by atoms with Crippen molar-refractivity contribution in [2.75, 3.05) is 6.54 Å². The normalized spacial score (nSPS) is 13.3. The Morgan fingerprint density at radius 2 is 1.96 bits per heavy atom. The Hall–Kier alpha value is -2.63. The van der Waals surface area contributed by atoms with Crippen molar-refractivity contribution < 1.29 is 14.7 Å². The number of aryl methyl sites for hydroxylation is 1. The number of aliphatic carboxylic acids is 1. The SMILES string of the molecule is CCc1cc(C(=O)NCC(CC)(C(=O)O)c2ccccc2)n[nH]1. The van der Waals surface area contributed by atoms with E-state index in [9.17, 15) is 14.7 Å². The van der Waals surface area contributed by atoms with Crippen molar-refractivity contribution in [3.8, 4) is 0 Å². The number of nitrogens with zero attached hydrogens (tertiary/aromatic N) is 1. The third kappa shape index (κ3) is 3.41. The number of aromatic nitrogens is 2. The molecule has 1 amide bonds. The van der Waals surface area contributed by atoms with Crippen LogP contribution >= 0.6 is 0 Å². The molecular weight excluding hydrogens is 294 g/mol. The van der Waals surface area contributed by atoms with Gasteiger partial charge in [-0.05, 0) is 24.5 Å². The number of benzene rings is 1. The Bertz CT molecular complexity index is 681. The number of hydrogen-bond donors (Lipinski definition) is 3. The first kappa shape index (κ1) is 16.7. The van der Waals surface area contributed by atoms with Crippen LogP contribution in [0.4, 0.5) is 0 Å². The number of carboxylic acids is 1. The van der Waals surface area contributed by atoms with Crippen LogP contribution in [0.3, 0.4) is 0 Å². The second kappa shape index (κ2) is 7.09. The summed E-state index contributed by atoms with van der Waals surface area (Å²) in [6.45, 7) is 3.77. The summed E-state index contributed by atoms with van der Waals surface area (Å²) >= 11 is 0. The average molecular weight is 315 g/mol. The van der Waals surface area contributed by atoms with Gasteiger partial charge in [0, 0.05) is 12.2 Å². The molecule has 23 heavy (non-hydrogen) atoms. The van der Waals surface area contributed by atoms with Crippen LogP contribution in [0.2, 0.25) is 0 Å². The summed E-state index contributed by atoms with van der Waals surface area (Å²) in [5, 5.41) is 19.2. The first-order valence-corrected chi connectivity index (χ1v) is 7.65. The van der Waals surface area contributed by atoms with Gasteiger partial charge in [0.25, 0.3) is 5.91 Å². The fraction of sp³-hybridized carbons (Fsp3) is 0.353. The molecule has 2 aromatic rings. The molecule has 1 unspecified atom stereocenters. The average Bonchev–Trinajstić information content (AvgIpc) is 3.05. The van der Waals surface area contributed by atoms with Gasteiger partial charge in [-0.3, -0.25) is 14.7 Å². The van der Waals surface area contributed by atoms with Crippen molar-refractivity contribution in [1.29, 1.82) is 0 Å². The Balaban J connectivity index is 2.19. The van der Waals surface area contributed by atoms with Crippen LogP contribution < -0.4 is 5.32 Å². The van der Waals surface area contributed by atoms with Gasteiger partial charge in [0.05, 0.1) is 0 Å². The second-order valence-electron chi connectivity index (χ2n) is 5.42. The van der Waals surface area contributed by atoms with E-state index in [-0.39, 0.29) is 18.1 Å². The van der Waals surface area contributed by atoms with Crippen LogP contribution in [0.25, 0.3) is 0 Å². The van der Waals surface area contributed by atoms with Gasteiger partial charge in [0.2, 0.25) is 0 Å². The van der Waals surface area contributed by atoms with Crippen molar-refractivity contribution in [3.63, 3.8) is 0 Å². The zero-order valence-corrected chi connectivity index (χ0v) is 13.3. The Morgan fingerprint density at radius 3 is 2.48 bits per heavy atom. The number of hydrogen-bond acceptors (Lipinski definition) is 3. The highest BCUT2D eigenvalue weighted by atomic mass is 16.4. The van der Waals surface area contributed by atoms with Crippen LogP contribution in [0, 0.1) is 0 Å². The number of H-pyrrole nitrogens is 1. The molecule has 0 aliphatic heterocycles. The first-order valence-electron chi connectivity index (χ1n) is 7.65. The maximum absolute atomic E-state index is 12.2. The highest BCUT2D eigenvalue weighted by Gasteiger charge is 2.39. The molecule has 0 fully saturated rings. The summed E-state index contributed by atoms with van der Waals surface area (Å²) < 4.78 is 0. The number of nitrogens with one attached hydrogen (secondary N) is 2. The second-order valence-corrected chi connectivity index (χ2v) is 5.42. The van der Waals surface area contributed by atoms with Gasteiger partial charge in [0.1, 0.15) is 11.1 Å². The van der Waals surface area contributed by atoms with Gasteiger partial charge in [-0.15, -0.1) is 0 Å². The molecule has 122 valence electrons. The van der Waals surface area contributed by atoms with Crippen molar-refractivity contribution in [3.05, 3.63) is 53.3 Å². The van der Waals surface area contributed by atoms with E-state index in [0.29, 0.717) is 12.0 Å². The van der Waals surface area contributed by atoms with Crippen LogP contribution in [0.1, 0.15) is 42.0 Å². The van der Waals surface area contributed by atoms with Gasteiger partial charge in [-0.2, -0.15) is 5.10 Å². The number of amides is 1. The molecule has 0 spiro atoms. The number of rotatable bonds is 7. The lowest BCUT2D eigenvalue weighted by atomic mass is 9.78. The highest BCUT2D eigenvalue weighted by Crippen LogP contribution is 2.28. The summed E-state index contributed by atoms with van der Waals surface area (Å²) in [6.07, 6.45) is 1.12. The molecule has 0 saturated carbocycles. The Morgan fingerprint density at radius 1 is 1.26 bits per heavy atom. The minimum Gasteiger partial charge on any atom is -0.481 e. The smallest absolute Gasteiger partial charge is 0.315 e. The van der Waals surface area contributed by atoms with Gasteiger partial charge >= 0.3 is 5.97 Å².